The zero-order chi connectivity index (χ0) is 12.3. The summed E-state index contributed by atoms with van der Waals surface area (Å²) in [5.74, 6) is -0.798. The molecule has 17 heavy (non-hydrogen) atoms. The van der Waals surface area contributed by atoms with Crippen LogP contribution in [-0.4, -0.2) is 24.2 Å². The summed E-state index contributed by atoms with van der Waals surface area (Å²) < 4.78 is 0. The molecule has 1 aromatic carbocycles. The van der Waals surface area contributed by atoms with E-state index in [9.17, 15) is 4.79 Å². The van der Waals surface area contributed by atoms with E-state index in [4.69, 9.17) is 5.11 Å². The van der Waals surface area contributed by atoms with Crippen molar-refractivity contribution in [1.82, 2.24) is 0 Å². The number of carboxylic acid groups (broad SMARTS) is 1. The van der Waals surface area contributed by atoms with E-state index in [1.165, 1.54) is 11.3 Å². The molecule has 0 radical (unpaired) electrons. The molecule has 2 rings (SSSR count). The molecule has 1 saturated heterocycles. The predicted octanol–water partition coefficient (Wildman–Crippen LogP) is 2.55. The van der Waals surface area contributed by atoms with Crippen LogP contribution in [0.2, 0.25) is 0 Å². The normalized spacial score (nSPS) is 17.1. The highest BCUT2D eigenvalue weighted by molar-refractivity contribution is 5.70. The van der Waals surface area contributed by atoms with Crippen molar-refractivity contribution < 1.29 is 9.90 Å². The number of hydrogen-bond acceptors (Lipinski definition) is 2. The maximum atomic E-state index is 10.9. The minimum Gasteiger partial charge on any atom is -0.481 e. The van der Waals surface area contributed by atoms with Crippen LogP contribution in [0.15, 0.2) is 24.3 Å². The number of aryl methyl sites for hydroxylation is 1. The Hall–Kier alpha value is -1.51. The first-order valence-corrected chi connectivity index (χ1v) is 6.28. The van der Waals surface area contributed by atoms with E-state index in [2.05, 4.69) is 36.1 Å². The Morgan fingerprint density at radius 3 is 2.59 bits per heavy atom. The Labute approximate surface area is 102 Å². The predicted molar refractivity (Wildman–Crippen MR) is 68.4 cm³/mol. The molecule has 3 heteroatoms. The number of piperidine rings is 1. The van der Waals surface area contributed by atoms with Gasteiger partial charge in [0, 0.05) is 18.8 Å². The SMILES string of the molecule is CCc1ccccc1N1CCC(C(=O)O)CC1. The van der Waals surface area contributed by atoms with Gasteiger partial charge in [0.25, 0.3) is 0 Å². The van der Waals surface area contributed by atoms with Gasteiger partial charge in [-0.15, -0.1) is 0 Å². The van der Waals surface area contributed by atoms with Crippen LogP contribution in [0.3, 0.4) is 0 Å². The Morgan fingerprint density at radius 2 is 2.00 bits per heavy atom. The van der Waals surface area contributed by atoms with E-state index >= 15 is 0 Å². The summed E-state index contributed by atoms with van der Waals surface area (Å²) >= 11 is 0. The largest absolute Gasteiger partial charge is 0.481 e. The molecule has 1 heterocycles. The van der Waals surface area contributed by atoms with E-state index in [0.717, 1.165) is 32.4 Å². The van der Waals surface area contributed by atoms with Gasteiger partial charge in [-0.05, 0) is 30.9 Å². The molecule has 1 aliphatic rings. The molecule has 0 aromatic heterocycles. The second-order valence-electron chi connectivity index (χ2n) is 4.58. The lowest BCUT2D eigenvalue weighted by Crippen LogP contribution is -2.36. The van der Waals surface area contributed by atoms with Crippen molar-refractivity contribution in [1.29, 1.82) is 0 Å². The molecule has 0 spiro atoms. The van der Waals surface area contributed by atoms with Crippen molar-refractivity contribution in [2.75, 3.05) is 18.0 Å². The fourth-order valence-electron chi connectivity index (χ4n) is 2.49. The molecule has 0 atom stereocenters. The maximum absolute atomic E-state index is 10.9. The van der Waals surface area contributed by atoms with Crippen molar-refractivity contribution in [3.63, 3.8) is 0 Å². The third-order valence-corrected chi connectivity index (χ3v) is 3.56. The fraction of sp³-hybridized carbons (Fsp3) is 0.500. The molecule has 0 bridgehead atoms. The van der Waals surface area contributed by atoms with Crippen LogP contribution in [0, 0.1) is 5.92 Å². The second kappa shape index (κ2) is 5.21. The van der Waals surface area contributed by atoms with Gasteiger partial charge >= 0.3 is 5.97 Å². The topological polar surface area (TPSA) is 40.5 Å². The van der Waals surface area contributed by atoms with Gasteiger partial charge in [-0.1, -0.05) is 25.1 Å². The van der Waals surface area contributed by atoms with Gasteiger partial charge in [0.2, 0.25) is 0 Å². The second-order valence-corrected chi connectivity index (χ2v) is 4.58. The number of carboxylic acids is 1. The van der Waals surface area contributed by atoms with E-state index in [1.54, 1.807) is 0 Å². The lowest BCUT2D eigenvalue weighted by Gasteiger charge is -2.33. The van der Waals surface area contributed by atoms with Gasteiger partial charge in [0.15, 0.2) is 0 Å². The molecule has 1 aliphatic heterocycles. The first-order valence-electron chi connectivity index (χ1n) is 6.28. The van der Waals surface area contributed by atoms with Crippen molar-refractivity contribution >= 4 is 11.7 Å². The lowest BCUT2D eigenvalue weighted by atomic mass is 9.96. The van der Waals surface area contributed by atoms with Gasteiger partial charge in [0.1, 0.15) is 0 Å². The zero-order valence-electron chi connectivity index (χ0n) is 10.2. The number of anilines is 1. The highest BCUT2D eigenvalue weighted by Gasteiger charge is 2.25. The summed E-state index contributed by atoms with van der Waals surface area (Å²) in [5.41, 5.74) is 2.63. The summed E-state index contributed by atoms with van der Waals surface area (Å²) in [6, 6.07) is 8.41. The number of carbonyl (C=O) groups is 1. The summed E-state index contributed by atoms with van der Waals surface area (Å²) in [4.78, 5) is 13.2. The van der Waals surface area contributed by atoms with E-state index < -0.39 is 5.97 Å². The quantitative estimate of drug-likeness (QED) is 0.872. The molecule has 1 aromatic rings. The van der Waals surface area contributed by atoms with Gasteiger partial charge in [-0.2, -0.15) is 0 Å². The molecule has 0 unspecified atom stereocenters. The van der Waals surface area contributed by atoms with Crippen molar-refractivity contribution in [3.8, 4) is 0 Å². The third-order valence-electron chi connectivity index (χ3n) is 3.56. The number of nitrogens with zero attached hydrogens (tertiary/aromatic N) is 1. The van der Waals surface area contributed by atoms with Crippen LogP contribution in [0.1, 0.15) is 25.3 Å². The van der Waals surface area contributed by atoms with Crippen LogP contribution in [-0.2, 0) is 11.2 Å². The number of hydrogen-bond donors (Lipinski definition) is 1. The standard InChI is InChI=1S/C14H19NO2/c1-2-11-5-3-4-6-13(11)15-9-7-12(8-10-15)14(16)17/h3-6,12H,2,7-10H2,1H3,(H,16,17). The summed E-state index contributed by atoms with van der Waals surface area (Å²) in [5, 5.41) is 8.98. The molecule has 3 nitrogen and oxygen atoms in total. The Morgan fingerprint density at radius 1 is 1.35 bits per heavy atom. The number of benzene rings is 1. The number of rotatable bonds is 3. The van der Waals surface area contributed by atoms with Crippen molar-refractivity contribution in [2.45, 2.75) is 26.2 Å². The van der Waals surface area contributed by atoms with Crippen molar-refractivity contribution in [3.05, 3.63) is 29.8 Å². The van der Waals surface area contributed by atoms with E-state index in [-0.39, 0.29) is 5.92 Å². The van der Waals surface area contributed by atoms with E-state index in [0.29, 0.717) is 0 Å². The van der Waals surface area contributed by atoms with Gasteiger partial charge < -0.3 is 10.0 Å². The summed E-state index contributed by atoms with van der Waals surface area (Å²) in [6.07, 6.45) is 2.54. The smallest absolute Gasteiger partial charge is 0.306 e. The summed E-state index contributed by atoms with van der Waals surface area (Å²) in [6.45, 7) is 3.87. The molecular weight excluding hydrogens is 214 g/mol. The monoisotopic (exact) mass is 233 g/mol. The molecule has 92 valence electrons. The lowest BCUT2D eigenvalue weighted by molar-refractivity contribution is -0.142. The van der Waals surface area contributed by atoms with Gasteiger partial charge in [-0.25, -0.2) is 0 Å². The minimum absolute atomic E-state index is 0.153. The average molecular weight is 233 g/mol. The molecule has 1 N–H and O–H groups in total. The molecule has 0 amide bonds. The van der Waals surface area contributed by atoms with Crippen LogP contribution in [0.4, 0.5) is 5.69 Å². The van der Waals surface area contributed by atoms with Crippen LogP contribution in [0.25, 0.3) is 0 Å². The van der Waals surface area contributed by atoms with Gasteiger partial charge in [0.05, 0.1) is 5.92 Å². The first-order chi connectivity index (χ1) is 8.22. The van der Waals surface area contributed by atoms with Gasteiger partial charge in [-0.3, -0.25) is 4.79 Å². The average Bonchev–Trinajstić information content (AvgIpc) is 2.39. The van der Waals surface area contributed by atoms with Crippen LogP contribution in [0.5, 0.6) is 0 Å². The zero-order valence-corrected chi connectivity index (χ0v) is 10.2. The van der Waals surface area contributed by atoms with Crippen molar-refractivity contribution in [2.24, 2.45) is 5.92 Å². The number of aliphatic carboxylic acids is 1. The summed E-state index contributed by atoms with van der Waals surface area (Å²) in [7, 11) is 0. The van der Waals surface area contributed by atoms with E-state index in [1.807, 2.05) is 0 Å². The maximum Gasteiger partial charge on any atom is 0.306 e. The number of para-hydroxylation sites is 1. The third kappa shape index (κ3) is 2.60. The minimum atomic E-state index is -0.645. The highest BCUT2D eigenvalue weighted by Crippen LogP contribution is 2.26. The highest BCUT2D eigenvalue weighted by atomic mass is 16.4. The Balaban J connectivity index is 2.07. The molecule has 0 saturated carbocycles. The molecule has 1 fully saturated rings. The molecular formula is C14H19NO2. The Bertz CT molecular complexity index is 395. The fourth-order valence-corrected chi connectivity index (χ4v) is 2.49. The van der Waals surface area contributed by atoms with Crippen LogP contribution >= 0.6 is 0 Å². The van der Waals surface area contributed by atoms with Crippen LogP contribution < -0.4 is 4.90 Å². The first kappa shape index (κ1) is 12.0. The Kier molecular flexibility index (Phi) is 3.67. The molecule has 0 aliphatic carbocycles.